The highest BCUT2D eigenvalue weighted by Crippen LogP contribution is 2.43. The molecule has 1 heterocycles. The molecule has 0 saturated heterocycles. The van der Waals surface area contributed by atoms with Crippen LogP contribution in [0, 0.1) is 11.7 Å². The first-order valence-corrected chi connectivity index (χ1v) is 10.4. The molecular weight excluding hydrogens is 372 g/mol. The van der Waals surface area contributed by atoms with Gasteiger partial charge < -0.3 is 0 Å². The van der Waals surface area contributed by atoms with Crippen molar-refractivity contribution in [3.63, 3.8) is 0 Å². The van der Waals surface area contributed by atoms with Gasteiger partial charge in [0.2, 0.25) is 0 Å². The molecule has 0 radical (unpaired) electrons. The second-order valence-electron chi connectivity index (χ2n) is 7.62. The Morgan fingerprint density at radius 3 is 2.26 bits per heavy atom. The highest BCUT2D eigenvalue weighted by atomic mass is 32.1. The van der Waals surface area contributed by atoms with Crippen LogP contribution in [-0.2, 0) is 6.18 Å². The first kappa shape index (κ1) is 18.7. The van der Waals surface area contributed by atoms with E-state index in [1.807, 2.05) is 6.07 Å². The first-order chi connectivity index (χ1) is 12.9. The predicted molar refractivity (Wildman–Crippen MR) is 101 cm³/mol. The average molecular weight is 394 g/mol. The zero-order valence-corrected chi connectivity index (χ0v) is 15.8. The van der Waals surface area contributed by atoms with E-state index >= 15 is 0 Å². The van der Waals surface area contributed by atoms with Gasteiger partial charge in [-0.05, 0) is 80.5 Å². The maximum absolute atomic E-state index is 14.6. The van der Waals surface area contributed by atoms with E-state index in [0.717, 1.165) is 37.3 Å². The summed E-state index contributed by atoms with van der Waals surface area (Å²) in [4.78, 5) is -0.372. The number of halogens is 4. The Labute approximate surface area is 160 Å². The maximum atomic E-state index is 14.6. The monoisotopic (exact) mass is 394 g/mol. The fourth-order valence-electron chi connectivity index (χ4n) is 4.48. The van der Waals surface area contributed by atoms with Crippen molar-refractivity contribution in [2.45, 2.75) is 57.0 Å². The van der Waals surface area contributed by atoms with Crippen LogP contribution in [0.4, 0.5) is 17.6 Å². The van der Waals surface area contributed by atoms with Gasteiger partial charge in [-0.15, -0.1) is 11.3 Å². The highest BCUT2D eigenvalue weighted by molar-refractivity contribution is 7.15. The van der Waals surface area contributed by atoms with Crippen molar-refractivity contribution in [1.29, 1.82) is 0 Å². The number of allylic oxidation sites excluding steroid dienone is 2. The topological polar surface area (TPSA) is 0 Å². The van der Waals surface area contributed by atoms with Crippen LogP contribution in [0.3, 0.4) is 0 Å². The normalized spacial score (nSPS) is 23.5. The van der Waals surface area contributed by atoms with Gasteiger partial charge in [-0.3, -0.25) is 0 Å². The van der Waals surface area contributed by atoms with Gasteiger partial charge in [0.15, 0.2) is 0 Å². The lowest BCUT2D eigenvalue weighted by molar-refractivity contribution is -0.134. The molecular formula is C22H22F4S. The summed E-state index contributed by atoms with van der Waals surface area (Å²) in [5.41, 5.74) is 2.85. The molecule has 0 N–H and O–H groups in total. The fourth-order valence-corrected chi connectivity index (χ4v) is 5.38. The standard InChI is InChI=1S/C22H22F4S/c23-19-13-17(16-7-5-15(6-8-16)14-3-1-2-4-14)9-10-18(19)20-11-12-21(27-20)22(24,25)26/h3,9-13,15-16H,1-2,4-8H2. The second-order valence-corrected chi connectivity index (χ2v) is 8.70. The van der Waals surface area contributed by atoms with Gasteiger partial charge in [0.25, 0.3) is 0 Å². The van der Waals surface area contributed by atoms with E-state index in [-0.39, 0.29) is 5.56 Å². The number of alkyl halides is 3. The molecule has 2 aromatic rings. The summed E-state index contributed by atoms with van der Waals surface area (Å²) in [7, 11) is 0. The molecule has 0 nitrogen and oxygen atoms in total. The third-order valence-corrected chi connectivity index (χ3v) is 7.11. The van der Waals surface area contributed by atoms with Crippen LogP contribution in [0.1, 0.15) is 61.3 Å². The van der Waals surface area contributed by atoms with Gasteiger partial charge in [-0.1, -0.05) is 23.8 Å². The molecule has 0 bridgehead atoms. The third kappa shape index (κ3) is 3.98. The molecule has 0 amide bonds. The zero-order valence-electron chi connectivity index (χ0n) is 15.0. The predicted octanol–water partition coefficient (Wildman–Crippen LogP) is 7.96. The summed E-state index contributed by atoms with van der Waals surface area (Å²) < 4.78 is 53.0. The van der Waals surface area contributed by atoms with Gasteiger partial charge in [-0.2, -0.15) is 13.2 Å². The quantitative estimate of drug-likeness (QED) is 0.366. The number of benzene rings is 1. The Hall–Kier alpha value is -1.62. The van der Waals surface area contributed by atoms with Crippen LogP contribution in [-0.4, -0.2) is 0 Å². The molecule has 2 aliphatic rings. The van der Waals surface area contributed by atoms with E-state index in [0.29, 0.717) is 28.0 Å². The Kier molecular flexibility index (Phi) is 5.15. The molecule has 5 heteroatoms. The summed E-state index contributed by atoms with van der Waals surface area (Å²) in [5, 5.41) is 0. The van der Waals surface area contributed by atoms with Crippen molar-refractivity contribution in [1.82, 2.24) is 0 Å². The fraction of sp³-hybridized carbons (Fsp3) is 0.455. The molecule has 0 aliphatic heterocycles. The smallest absolute Gasteiger partial charge is 0.206 e. The van der Waals surface area contributed by atoms with Crippen LogP contribution in [0.5, 0.6) is 0 Å². The number of rotatable bonds is 3. The number of thiophene rings is 1. The minimum absolute atomic E-state index is 0.254. The molecule has 1 fully saturated rings. The molecule has 144 valence electrons. The third-order valence-electron chi connectivity index (χ3n) is 5.94. The minimum Gasteiger partial charge on any atom is -0.206 e. The van der Waals surface area contributed by atoms with Crippen LogP contribution < -0.4 is 0 Å². The van der Waals surface area contributed by atoms with Crippen molar-refractivity contribution in [3.05, 3.63) is 58.2 Å². The summed E-state index contributed by atoms with van der Waals surface area (Å²) in [5.74, 6) is 0.615. The van der Waals surface area contributed by atoms with Crippen molar-refractivity contribution in [3.8, 4) is 10.4 Å². The average Bonchev–Trinajstić information content (AvgIpc) is 3.33. The van der Waals surface area contributed by atoms with Crippen LogP contribution in [0.15, 0.2) is 42.0 Å². The first-order valence-electron chi connectivity index (χ1n) is 9.57. The summed E-state index contributed by atoms with van der Waals surface area (Å²) in [6, 6.07) is 7.44. The lowest BCUT2D eigenvalue weighted by Gasteiger charge is -2.30. The molecule has 1 aromatic heterocycles. The molecule has 0 atom stereocenters. The van der Waals surface area contributed by atoms with Crippen molar-refractivity contribution in [2.75, 3.05) is 0 Å². The summed E-state index contributed by atoms with van der Waals surface area (Å²) >= 11 is 0.592. The van der Waals surface area contributed by atoms with E-state index in [1.165, 1.54) is 31.4 Å². The van der Waals surface area contributed by atoms with Gasteiger partial charge >= 0.3 is 6.18 Å². The van der Waals surface area contributed by atoms with Crippen LogP contribution in [0.2, 0.25) is 0 Å². The molecule has 1 aromatic carbocycles. The Balaban J connectivity index is 1.47. The van der Waals surface area contributed by atoms with Crippen molar-refractivity contribution < 1.29 is 17.6 Å². The zero-order chi connectivity index (χ0) is 19.0. The molecule has 0 unspecified atom stereocenters. The largest absolute Gasteiger partial charge is 0.425 e. The molecule has 1 saturated carbocycles. The highest BCUT2D eigenvalue weighted by Gasteiger charge is 2.33. The van der Waals surface area contributed by atoms with E-state index in [9.17, 15) is 17.6 Å². The van der Waals surface area contributed by atoms with Gasteiger partial charge in [0.1, 0.15) is 10.7 Å². The van der Waals surface area contributed by atoms with Gasteiger partial charge in [0, 0.05) is 10.4 Å². The van der Waals surface area contributed by atoms with E-state index < -0.39 is 16.9 Å². The van der Waals surface area contributed by atoms with Crippen molar-refractivity contribution >= 4 is 11.3 Å². The SMILES string of the molecule is Fc1cc(C2CCC(C3=CCCC3)CC2)ccc1-c1ccc(C(F)(F)F)s1. The van der Waals surface area contributed by atoms with E-state index in [4.69, 9.17) is 0 Å². The molecule has 2 aliphatic carbocycles. The lowest BCUT2D eigenvalue weighted by Crippen LogP contribution is -2.14. The van der Waals surface area contributed by atoms with E-state index in [2.05, 4.69) is 6.08 Å². The summed E-state index contributed by atoms with van der Waals surface area (Å²) in [6.07, 6.45) is 6.15. The van der Waals surface area contributed by atoms with Crippen LogP contribution >= 0.6 is 11.3 Å². The number of hydrogen-bond acceptors (Lipinski definition) is 1. The molecule has 0 spiro atoms. The van der Waals surface area contributed by atoms with Gasteiger partial charge in [0.05, 0.1) is 0 Å². The second kappa shape index (κ2) is 7.42. The minimum atomic E-state index is -4.38. The maximum Gasteiger partial charge on any atom is 0.425 e. The Bertz CT molecular complexity index is 838. The van der Waals surface area contributed by atoms with E-state index in [1.54, 1.807) is 11.6 Å². The lowest BCUT2D eigenvalue weighted by atomic mass is 9.75. The summed E-state index contributed by atoms with van der Waals surface area (Å²) in [6.45, 7) is 0. The number of hydrogen-bond donors (Lipinski definition) is 0. The molecule has 4 rings (SSSR count). The van der Waals surface area contributed by atoms with Crippen LogP contribution in [0.25, 0.3) is 10.4 Å². The van der Waals surface area contributed by atoms with Gasteiger partial charge in [-0.25, -0.2) is 4.39 Å². The Morgan fingerprint density at radius 1 is 0.926 bits per heavy atom. The molecule has 27 heavy (non-hydrogen) atoms. The Morgan fingerprint density at radius 2 is 1.67 bits per heavy atom. The van der Waals surface area contributed by atoms with Crippen molar-refractivity contribution in [2.24, 2.45) is 5.92 Å².